The summed E-state index contributed by atoms with van der Waals surface area (Å²) in [7, 11) is 0. The summed E-state index contributed by atoms with van der Waals surface area (Å²) in [5.74, 6) is 0.961. The van der Waals surface area contributed by atoms with Crippen LogP contribution in [0.5, 0.6) is 0 Å². The normalized spacial score (nSPS) is 24.9. The monoisotopic (exact) mass is 261 g/mol. The van der Waals surface area contributed by atoms with Crippen molar-refractivity contribution in [3.8, 4) is 0 Å². The number of likely N-dealkylation sites (tertiary alicyclic amines) is 1. The fourth-order valence-electron chi connectivity index (χ4n) is 2.15. The Kier molecular flexibility index (Phi) is 6.88. The van der Waals surface area contributed by atoms with Crippen LogP contribution >= 0.6 is 15.9 Å². The minimum absolute atomic E-state index is 0.961. The van der Waals surface area contributed by atoms with Crippen molar-refractivity contribution >= 4 is 15.9 Å². The molecule has 0 bridgehead atoms. The van der Waals surface area contributed by atoms with Gasteiger partial charge in [-0.2, -0.15) is 0 Å². The molecule has 1 saturated heterocycles. The Bertz CT molecular complexity index is 138. The summed E-state index contributed by atoms with van der Waals surface area (Å²) in [5.41, 5.74) is 0. The van der Waals surface area contributed by atoms with Gasteiger partial charge < -0.3 is 4.90 Å². The number of hydrogen-bond acceptors (Lipinski definition) is 1. The zero-order valence-corrected chi connectivity index (χ0v) is 11.1. The highest BCUT2D eigenvalue weighted by atomic mass is 79.9. The van der Waals surface area contributed by atoms with Crippen LogP contribution in [0.2, 0.25) is 0 Å². The van der Waals surface area contributed by atoms with E-state index in [0.29, 0.717) is 0 Å². The fourth-order valence-corrected chi connectivity index (χ4v) is 2.55. The second-order valence-corrected chi connectivity index (χ2v) is 5.42. The number of alkyl halides is 1. The van der Waals surface area contributed by atoms with Crippen molar-refractivity contribution in [1.82, 2.24) is 4.90 Å². The first-order valence-electron chi connectivity index (χ1n) is 6.11. The van der Waals surface area contributed by atoms with Gasteiger partial charge in [0.05, 0.1) is 0 Å². The third kappa shape index (κ3) is 5.35. The molecule has 1 fully saturated rings. The molecule has 1 unspecified atom stereocenters. The van der Waals surface area contributed by atoms with Crippen molar-refractivity contribution < 1.29 is 0 Å². The molecular formula is C12H24BrN. The van der Waals surface area contributed by atoms with Crippen molar-refractivity contribution in [3.05, 3.63) is 0 Å². The third-order valence-corrected chi connectivity index (χ3v) is 3.78. The van der Waals surface area contributed by atoms with Crippen molar-refractivity contribution in [2.75, 3.05) is 25.0 Å². The van der Waals surface area contributed by atoms with Gasteiger partial charge in [0.1, 0.15) is 0 Å². The quantitative estimate of drug-likeness (QED) is 0.539. The average Bonchev–Trinajstić information content (AvgIpc) is 2.38. The lowest BCUT2D eigenvalue weighted by molar-refractivity contribution is 0.275. The van der Waals surface area contributed by atoms with Crippen LogP contribution in [0.3, 0.4) is 0 Å². The van der Waals surface area contributed by atoms with Gasteiger partial charge in [-0.25, -0.2) is 0 Å². The van der Waals surface area contributed by atoms with Crippen LogP contribution in [0, 0.1) is 5.92 Å². The molecule has 0 aromatic heterocycles. The number of rotatable bonds is 5. The van der Waals surface area contributed by atoms with Crippen molar-refractivity contribution in [1.29, 1.82) is 0 Å². The Hall–Kier alpha value is 0.440. The molecule has 1 atom stereocenters. The van der Waals surface area contributed by atoms with Gasteiger partial charge in [-0.3, -0.25) is 0 Å². The highest BCUT2D eigenvalue weighted by Crippen LogP contribution is 2.16. The molecule has 0 N–H and O–H groups in total. The molecular weight excluding hydrogens is 238 g/mol. The molecule has 0 aliphatic carbocycles. The van der Waals surface area contributed by atoms with Gasteiger partial charge in [0.2, 0.25) is 0 Å². The zero-order valence-electron chi connectivity index (χ0n) is 9.47. The Balaban J connectivity index is 2.05. The molecule has 0 spiro atoms. The summed E-state index contributed by atoms with van der Waals surface area (Å²) in [5, 5.41) is 1.17. The number of unbranched alkanes of at least 4 members (excludes halogenated alkanes) is 2. The van der Waals surface area contributed by atoms with Crippen molar-refractivity contribution in [3.63, 3.8) is 0 Å². The molecule has 1 heterocycles. The van der Waals surface area contributed by atoms with E-state index < -0.39 is 0 Å². The van der Waals surface area contributed by atoms with Crippen LogP contribution in [-0.2, 0) is 0 Å². The lowest BCUT2D eigenvalue weighted by atomic mass is 10.0. The SMILES string of the molecule is CC1CCCN(CCCCCBr)CC1. The molecule has 1 rings (SSSR count). The topological polar surface area (TPSA) is 3.24 Å². The highest BCUT2D eigenvalue weighted by Gasteiger charge is 2.12. The largest absolute Gasteiger partial charge is 0.303 e. The molecule has 0 radical (unpaired) electrons. The Labute approximate surface area is 97.4 Å². The summed E-state index contributed by atoms with van der Waals surface area (Å²) in [6, 6.07) is 0. The molecule has 0 aromatic rings. The van der Waals surface area contributed by atoms with E-state index >= 15 is 0 Å². The van der Waals surface area contributed by atoms with Crippen LogP contribution in [0.4, 0.5) is 0 Å². The highest BCUT2D eigenvalue weighted by molar-refractivity contribution is 9.09. The second-order valence-electron chi connectivity index (χ2n) is 4.63. The van der Waals surface area contributed by atoms with Crippen LogP contribution in [0.25, 0.3) is 0 Å². The summed E-state index contributed by atoms with van der Waals surface area (Å²) < 4.78 is 0. The summed E-state index contributed by atoms with van der Waals surface area (Å²) >= 11 is 3.48. The lowest BCUT2D eigenvalue weighted by Crippen LogP contribution is -2.25. The van der Waals surface area contributed by atoms with Gasteiger partial charge in [-0.05, 0) is 57.7 Å². The summed E-state index contributed by atoms with van der Waals surface area (Å²) in [6.45, 7) is 6.42. The number of halogens is 1. The van der Waals surface area contributed by atoms with Crippen LogP contribution < -0.4 is 0 Å². The van der Waals surface area contributed by atoms with E-state index in [1.54, 1.807) is 0 Å². The second kappa shape index (κ2) is 7.70. The van der Waals surface area contributed by atoms with Gasteiger partial charge in [0.25, 0.3) is 0 Å². The van der Waals surface area contributed by atoms with Gasteiger partial charge in [0.15, 0.2) is 0 Å². The van der Waals surface area contributed by atoms with E-state index in [4.69, 9.17) is 0 Å². The zero-order chi connectivity index (χ0) is 10.2. The standard InChI is InChI=1S/C12H24BrN/c1-12-6-5-10-14(11-7-12)9-4-2-3-8-13/h12H,2-11H2,1H3. The molecule has 0 saturated carbocycles. The van der Waals surface area contributed by atoms with Crippen LogP contribution in [0.1, 0.15) is 45.4 Å². The Morgan fingerprint density at radius 3 is 2.79 bits per heavy atom. The first-order chi connectivity index (χ1) is 6.83. The number of nitrogens with zero attached hydrogens (tertiary/aromatic N) is 1. The molecule has 14 heavy (non-hydrogen) atoms. The van der Waals surface area contributed by atoms with Gasteiger partial charge in [0, 0.05) is 5.33 Å². The summed E-state index contributed by atoms with van der Waals surface area (Å²) in [6.07, 6.45) is 8.39. The average molecular weight is 262 g/mol. The van der Waals surface area contributed by atoms with E-state index in [1.165, 1.54) is 63.5 Å². The van der Waals surface area contributed by atoms with E-state index in [0.717, 1.165) is 5.92 Å². The predicted molar refractivity (Wildman–Crippen MR) is 67.1 cm³/mol. The van der Waals surface area contributed by atoms with Crippen LogP contribution in [-0.4, -0.2) is 29.9 Å². The maximum absolute atomic E-state index is 3.48. The molecule has 0 amide bonds. The van der Waals surface area contributed by atoms with Crippen LogP contribution in [0.15, 0.2) is 0 Å². The predicted octanol–water partition coefficient (Wildman–Crippen LogP) is 3.67. The van der Waals surface area contributed by atoms with E-state index in [9.17, 15) is 0 Å². The first kappa shape index (κ1) is 12.5. The molecule has 84 valence electrons. The maximum Gasteiger partial charge on any atom is 0.00313 e. The number of hydrogen-bond donors (Lipinski definition) is 0. The Morgan fingerprint density at radius 1 is 1.14 bits per heavy atom. The van der Waals surface area contributed by atoms with Gasteiger partial charge >= 0.3 is 0 Å². The fraction of sp³-hybridized carbons (Fsp3) is 1.00. The van der Waals surface area contributed by atoms with Gasteiger partial charge in [-0.15, -0.1) is 0 Å². The van der Waals surface area contributed by atoms with Crippen molar-refractivity contribution in [2.24, 2.45) is 5.92 Å². The molecule has 1 nitrogen and oxygen atoms in total. The van der Waals surface area contributed by atoms with E-state index in [1.807, 2.05) is 0 Å². The molecule has 1 aliphatic rings. The molecule has 1 aliphatic heterocycles. The first-order valence-corrected chi connectivity index (χ1v) is 7.23. The molecule has 2 heteroatoms. The smallest absolute Gasteiger partial charge is 0.00313 e. The summed E-state index contributed by atoms with van der Waals surface area (Å²) in [4.78, 5) is 2.66. The Morgan fingerprint density at radius 2 is 2.00 bits per heavy atom. The van der Waals surface area contributed by atoms with Gasteiger partial charge in [-0.1, -0.05) is 29.3 Å². The maximum atomic E-state index is 3.48. The van der Waals surface area contributed by atoms with Crippen molar-refractivity contribution in [2.45, 2.75) is 45.4 Å². The molecule has 0 aromatic carbocycles. The minimum atomic E-state index is 0.961. The van der Waals surface area contributed by atoms with E-state index in [2.05, 4.69) is 27.8 Å². The minimum Gasteiger partial charge on any atom is -0.303 e. The third-order valence-electron chi connectivity index (χ3n) is 3.22. The van der Waals surface area contributed by atoms with E-state index in [-0.39, 0.29) is 0 Å². The lowest BCUT2D eigenvalue weighted by Gasteiger charge is -2.19.